The molecule has 0 saturated carbocycles. The number of nitrogens with zero attached hydrogens (tertiary/aromatic N) is 2. The van der Waals surface area contributed by atoms with Crippen LogP contribution in [-0.2, 0) is 17.6 Å². The van der Waals surface area contributed by atoms with E-state index >= 15 is 0 Å². The SMILES string of the molecule is CCOc1ccc(CCNC(=O)CNc2ncnc3sc(CC)cc23)cc1OCC. The summed E-state index contributed by atoms with van der Waals surface area (Å²) in [7, 11) is 0. The maximum Gasteiger partial charge on any atom is 0.239 e. The molecule has 0 fully saturated rings. The van der Waals surface area contributed by atoms with Gasteiger partial charge in [0.2, 0.25) is 5.91 Å². The van der Waals surface area contributed by atoms with Crippen molar-refractivity contribution in [3.63, 3.8) is 0 Å². The normalized spacial score (nSPS) is 10.8. The third-order valence-electron chi connectivity index (χ3n) is 4.49. The number of ether oxygens (including phenoxy) is 2. The van der Waals surface area contributed by atoms with Gasteiger partial charge in [-0.1, -0.05) is 13.0 Å². The van der Waals surface area contributed by atoms with Crippen molar-refractivity contribution in [3.8, 4) is 11.5 Å². The van der Waals surface area contributed by atoms with Gasteiger partial charge in [0.1, 0.15) is 17.0 Å². The van der Waals surface area contributed by atoms with Gasteiger partial charge in [-0.25, -0.2) is 9.97 Å². The Bertz CT molecular complexity index is 990. The van der Waals surface area contributed by atoms with E-state index in [0.29, 0.717) is 32.0 Å². The summed E-state index contributed by atoms with van der Waals surface area (Å²) in [5.41, 5.74) is 1.08. The van der Waals surface area contributed by atoms with E-state index < -0.39 is 0 Å². The van der Waals surface area contributed by atoms with Crippen molar-refractivity contribution in [3.05, 3.63) is 41.0 Å². The summed E-state index contributed by atoms with van der Waals surface area (Å²) in [6.45, 7) is 7.87. The molecule has 0 atom stereocenters. The molecule has 0 bridgehead atoms. The summed E-state index contributed by atoms with van der Waals surface area (Å²) < 4.78 is 11.2. The topological polar surface area (TPSA) is 85.4 Å². The summed E-state index contributed by atoms with van der Waals surface area (Å²) >= 11 is 1.65. The second-order valence-corrected chi connectivity index (χ2v) is 7.72. The van der Waals surface area contributed by atoms with Crippen LogP contribution in [0.25, 0.3) is 10.2 Å². The van der Waals surface area contributed by atoms with E-state index in [1.54, 1.807) is 11.3 Å². The second-order valence-electron chi connectivity index (χ2n) is 6.61. The zero-order chi connectivity index (χ0) is 21.3. The lowest BCUT2D eigenvalue weighted by Gasteiger charge is -2.13. The summed E-state index contributed by atoms with van der Waals surface area (Å²) in [5.74, 6) is 2.09. The highest BCUT2D eigenvalue weighted by Gasteiger charge is 2.10. The minimum Gasteiger partial charge on any atom is -0.490 e. The van der Waals surface area contributed by atoms with Gasteiger partial charge in [-0.15, -0.1) is 11.3 Å². The minimum absolute atomic E-state index is 0.0799. The molecule has 8 heteroatoms. The number of carbonyl (C=O) groups excluding carboxylic acids is 1. The van der Waals surface area contributed by atoms with Crippen molar-refractivity contribution in [2.24, 2.45) is 0 Å². The van der Waals surface area contributed by atoms with E-state index in [1.807, 2.05) is 32.0 Å². The van der Waals surface area contributed by atoms with E-state index in [-0.39, 0.29) is 12.5 Å². The lowest BCUT2D eigenvalue weighted by Crippen LogP contribution is -2.31. The molecule has 2 N–H and O–H groups in total. The van der Waals surface area contributed by atoms with E-state index in [1.165, 1.54) is 11.2 Å². The summed E-state index contributed by atoms with van der Waals surface area (Å²) in [6, 6.07) is 7.97. The van der Waals surface area contributed by atoms with Crippen LogP contribution in [0, 0.1) is 0 Å². The van der Waals surface area contributed by atoms with Gasteiger partial charge in [-0.2, -0.15) is 0 Å². The number of hydrogen-bond donors (Lipinski definition) is 2. The molecule has 7 nitrogen and oxygen atoms in total. The van der Waals surface area contributed by atoms with Crippen molar-refractivity contribution in [2.45, 2.75) is 33.6 Å². The first-order valence-corrected chi connectivity index (χ1v) is 11.1. The Labute approximate surface area is 180 Å². The molecule has 0 aliphatic heterocycles. The molecule has 0 unspecified atom stereocenters. The third kappa shape index (κ3) is 5.60. The number of anilines is 1. The smallest absolute Gasteiger partial charge is 0.239 e. The number of hydrogen-bond acceptors (Lipinski definition) is 7. The standard InChI is InChI=1S/C22H28N4O3S/c1-4-16-12-17-21(25-14-26-22(17)30-16)24-13-20(27)23-10-9-15-7-8-18(28-5-2)19(11-15)29-6-3/h7-8,11-12,14H,4-6,9-10,13H2,1-3H3,(H,23,27)(H,24,25,26). The lowest BCUT2D eigenvalue weighted by atomic mass is 10.1. The number of amides is 1. The van der Waals surface area contributed by atoms with Crippen LogP contribution in [0.4, 0.5) is 5.82 Å². The number of thiophene rings is 1. The third-order valence-corrected chi connectivity index (χ3v) is 5.68. The highest BCUT2D eigenvalue weighted by atomic mass is 32.1. The van der Waals surface area contributed by atoms with E-state index in [4.69, 9.17) is 9.47 Å². The molecule has 0 aliphatic carbocycles. The summed E-state index contributed by atoms with van der Waals surface area (Å²) in [5, 5.41) is 7.03. The molecule has 160 valence electrons. The minimum atomic E-state index is -0.0799. The quantitative estimate of drug-likeness (QED) is 0.483. The first kappa shape index (κ1) is 21.8. The Morgan fingerprint density at radius 2 is 1.87 bits per heavy atom. The van der Waals surface area contributed by atoms with Crippen LogP contribution < -0.4 is 20.1 Å². The van der Waals surface area contributed by atoms with Gasteiger partial charge in [0, 0.05) is 11.4 Å². The van der Waals surface area contributed by atoms with E-state index in [0.717, 1.165) is 33.7 Å². The van der Waals surface area contributed by atoms with Crippen molar-refractivity contribution in [1.82, 2.24) is 15.3 Å². The number of benzene rings is 1. The number of aromatic nitrogens is 2. The first-order valence-electron chi connectivity index (χ1n) is 10.3. The number of aryl methyl sites for hydroxylation is 1. The molecule has 30 heavy (non-hydrogen) atoms. The number of fused-ring (bicyclic) bond motifs is 1. The maximum absolute atomic E-state index is 12.3. The Hall–Kier alpha value is -2.87. The molecule has 0 radical (unpaired) electrons. The molecule has 2 aromatic heterocycles. The van der Waals surface area contributed by atoms with Gasteiger partial charge >= 0.3 is 0 Å². The van der Waals surface area contributed by atoms with Gasteiger partial charge in [0.15, 0.2) is 11.5 Å². The molecule has 0 saturated heterocycles. The van der Waals surface area contributed by atoms with Gasteiger partial charge in [-0.3, -0.25) is 4.79 Å². The Balaban J connectivity index is 1.51. The maximum atomic E-state index is 12.3. The fraction of sp³-hybridized carbons (Fsp3) is 0.409. The predicted octanol–water partition coefficient (Wildman–Crippen LogP) is 3.82. The zero-order valence-electron chi connectivity index (χ0n) is 17.7. The van der Waals surface area contributed by atoms with Gasteiger partial charge in [-0.05, 0) is 50.5 Å². The first-order chi connectivity index (χ1) is 14.6. The van der Waals surface area contributed by atoms with Gasteiger partial charge in [0.05, 0.1) is 25.1 Å². The predicted molar refractivity (Wildman–Crippen MR) is 121 cm³/mol. The Morgan fingerprint density at radius 3 is 2.63 bits per heavy atom. The van der Waals surface area contributed by atoms with Crippen LogP contribution in [0.2, 0.25) is 0 Å². The molecule has 2 heterocycles. The number of rotatable bonds is 11. The molecule has 0 aliphatic rings. The second kappa shape index (κ2) is 10.8. The van der Waals surface area contributed by atoms with Crippen molar-refractivity contribution in [1.29, 1.82) is 0 Å². The Morgan fingerprint density at radius 1 is 1.07 bits per heavy atom. The van der Waals surface area contributed by atoms with Crippen molar-refractivity contribution < 1.29 is 14.3 Å². The van der Waals surface area contributed by atoms with Gasteiger partial charge in [0.25, 0.3) is 0 Å². The summed E-state index contributed by atoms with van der Waals surface area (Å²) in [4.78, 5) is 23.0. The molecule has 3 rings (SSSR count). The zero-order valence-corrected chi connectivity index (χ0v) is 18.5. The molecular weight excluding hydrogens is 400 g/mol. The van der Waals surface area contributed by atoms with Crippen LogP contribution in [0.5, 0.6) is 11.5 Å². The van der Waals surface area contributed by atoms with Crippen molar-refractivity contribution in [2.75, 3.05) is 31.6 Å². The lowest BCUT2D eigenvalue weighted by molar-refractivity contribution is -0.119. The van der Waals surface area contributed by atoms with Crippen LogP contribution in [0.3, 0.4) is 0 Å². The molecule has 0 spiro atoms. The van der Waals surface area contributed by atoms with E-state index in [9.17, 15) is 4.79 Å². The average molecular weight is 429 g/mol. The molecular formula is C22H28N4O3S. The van der Waals surface area contributed by atoms with E-state index in [2.05, 4.69) is 33.6 Å². The van der Waals surface area contributed by atoms with Crippen molar-refractivity contribution >= 4 is 33.3 Å². The molecule has 1 amide bonds. The Kier molecular flexibility index (Phi) is 7.84. The largest absolute Gasteiger partial charge is 0.490 e. The van der Waals surface area contributed by atoms with Gasteiger partial charge < -0.3 is 20.1 Å². The fourth-order valence-electron chi connectivity index (χ4n) is 3.04. The average Bonchev–Trinajstić information content (AvgIpc) is 3.18. The molecule has 1 aromatic carbocycles. The van der Waals surface area contributed by atoms with Crippen LogP contribution in [-0.4, -0.2) is 42.2 Å². The summed E-state index contributed by atoms with van der Waals surface area (Å²) in [6.07, 6.45) is 3.19. The van der Waals surface area contributed by atoms with Crippen LogP contribution in [0.15, 0.2) is 30.6 Å². The van der Waals surface area contributed by atoms with Crippen LogP contribution in [0.1, 0.15) is 31.2 Å². The molecule has 3 aromatic rings. The highest BCUT2D eigenvalue weighted by molar-refractivity contribution is 7.18. The fourth-order valence-corrected chi connectivity index (χ4v) is 3.98. The number of carbonyl (C=O) groups is 1. The highest BCUT2D eigenvalue weighted by Crippen LogP contribution is 2.29. The number of nitrogens with one attached hydrogen (secondary N) is 2. The van der Waals surface area contributed by atoms with Crippen LogP contribution >= 0.6 is 11.3 Å². The monoisotopic (exact) mass is 428 g/mol.